The Bertz CT molecular complexity index is 338. The number of nitrogens with two attached hydrogens (primary N) is 1. The van der Waals surface area contributed by atoms with Gasteiger partial charge in [0.2, 0.25) is 5.91 Å². The number of hydrogen-bond donors (Lipinski definition) is 2. The maximum atomic E-state index is 10.9. The quantitative estimate of drug-likeness (QED) is 0.482. The first kappa shape index (κ1) is 9.00. The molecule has 0 saturated carbocycles. The van der Waals surface area contributed by atoms with Gasteiger partial charge in [-0.2, -0.15) is 5.26 Å². The Labute approximate surface area is 75.2 Å². The maximum absolute atomic E-state index is 10.9. The summed E-state index contributed by atoms with van der Waals surface area (Å²) in [6.07, 6.45) is 3.11. The van der Waals surface area contributed by atoms with Gasteiger partial charge in [-0.15, -0.1) is 0 Å². The van der Waals surface area contributed by atoms with Crippen molar-refractivity contribution in [3.8, 4) is 6.19 Å². The molecule has 5 heteroatoms. The Kier molecular flexibility index (Phi) is 2.82. The number of pyridine rings is 1. The molecule has 1 aromatic rings. The van der Waals surface area contributed by atoms with Crippen molar-refractivity contribution in [3.05, 3.63) is 24.0 Å². The molecule has 0 atom stereocenters. The van der Waals surface area contributed by atoms with Crippen LogP contribution in [0.25, 0.3) is 0 Å². The molecule has 0 radical (unpaired) electrons. The van der Waals surface area contributed by atoms with Crippen LogP contribution >= 0.6 is 0 Å². The van der Waals surface area contributed by atoms with E-state index in [0.29, 0.717) is 11.4 Å². The number of nitrogen functional groups attached to an aromatic ring is 1. The molecule has 3 N–H and O–H groups in total. The van der Waals surface area contributed by atoms with Gasteiger partial charge in [0, 0.05) is 5.69 Å². The van der Waals surface area contributed by atoms with E-state index in [1.165, 1.54) is 6.20 Å². The summed E-state index contributed by atoms with van der Waals surface area (Å²) in [5.74, 6) is -0.375. The molecule has 1 aromatic heterocycles. The summed E-state index contributed by atoms with van der Waals surface area (Å²) in [4.78, 5) is 14.8. The lowest BCUT2D eigenvalue weighted by Gasteiger charge is -1.97. The third-order valence-electron chi connectivity index (χ3n) is 1.38. The van der Waals surface area contributed by atoms with Crippen LogP contribution in [-0.4, -0.2) is 10.9 Å². The van der Waals surface area contributed by atoms with E-state index in [9.17, 15) is 4.79 Å². The lowest BCUT2D eigenvalue weighted by Crippen LogP contribution is -2.19. The lowest BCUT2D eigenvalue weighted by molar-refractivity contribution is -0.119. The fraction of sp³-hybridized carbons (Fsp3) is 0.125. The number of nitrogens with zero attached hydrogens (tertiary/aromatic N) is 2. The summed E-state index contributed by atoms with van der Waals surface area (Å²) < 4.78 is 0. The highest BCUT2D eigenvalue weighted by molar-refractivity contribution is 5.79. The fourth-order valence-corrected chi connectivity index (χ4v) is 0.812. The van der Waals surface area contributed by atoms with Crippen molar-refractivity contribution in [3.63, 3.8) is 0 Å². The van der Waals surface area contributed by atoms with Crippen LogP contribution < -0.4 is 11.1 Å². The van der Waals surface area contributed by atoms with Crippen LogP contribution in [0.4, 0.5) is 5.69 Å². The number of carbonyl (C=O) groups excluding carboxylic acids is 1. The van der Waals surface area contributed by atoms with Crippen LogP contribution in [0.2, 0.25) is 0 Å². The molecule has 1 rings (SSSR count). The van der Waals surface area contributed by atoms with E-state index in [4.69, 9.17) is 11.0 Å². The van der Waals surface area contributed by atoms with Crippen LogP contribution in [0.15, 0.2) is 18.3 Å². The highest BCUT2D eigenvalue weighted by atomic mass is 16.1. The topological polar surface area (TPSA) is 91.8 Å². The van der Waals surface area contributed by atoms with E-state index in [1.807, 2.05) is 5.32 Å². The van der Waals surface area contributed by atoms with Gasteiger partial charge in [-0.1, -0.05) is 0 Å². The molecule has 0 spiro atoms. The van der Waals surface area contributed by atoms with E-state index >= 15 is 0 Å². The zero-order valence-corrected chi connectivity index (χ0v) is 6.82. The number of nitriles is 1. The van der Waals surface area contributed by atoms with Crippen molar-refractivity contribution < 1.29 is 4.79 Å². The van der Waals surface area contributed by atoms with Gasteiger partial charge < -0.3 is 5.73 Å². The van der Waals surface area contributed by atoms with Crippen LogP contribution in [0, 0.1) is 11.5 Å². The molecular formula is C8H8N4O. The molecule has 1 heterocycles. The summed E-state index contributed by atoms with van der Waals surface area (Å²) >= 11 is 0. The minimum atomic E-state index is -0.375. The molecule has 0 unspecified atom stereocenters. The minimum absolute atomic E-state index is 0.0911. The molecule has 0 aliphatic carbocycles. The average Bonchev–Trinajstić information content (AvgIpc) is 2.09. The minimum Gasteiger partial charge on any atom is -0.397 e. The number of hydrogen-bond acceptors (Lipinski definition) is 4. The van der Waals surface area contributed by atoms with Crippen molar-refractivity contribution in [2.45, 2.75) is 6.42 Å². The van der Waals surface area contributed by atoms with Gasteiger partial charge in [0.05, 0.1) is 18.3 Å². The number of aromatic nitrogens is 1. The molecule has 0 saturated heterocycles. The molecule has 0 aliphatic rings. The third-order valence-corrected chi connectivity index (χ3v) is 1.38. The molecule has 0 bridgehead atoms. The van der Waals surface area contributed by atoms with Gasteiger partial charge in [-0.05, 0) is 12.1 Å². The number of carbonyl (C=O) groups is 1. The Hall–Kier alpha value is -2.09. The summed E-state index contributed by atoms with van der Waals surface area (Å²) in [5, 5.41) is 10.1. The highest BCUT2D eigenvalue weighted by Gasteiger charge is 2.02. The van der Waals surface area contributed by atoms with E-state index < -0.39 is 0 Å². The summed E-state index contributed by atoms with van der Waals surface area (Å²) in [6.45, 7) is 0. The van der Waals surface area contributed by atoms with Crippen LogP contribution in [-0.2, 0) is 11.2 Å². The maximum Gasteiger partial charge on any atom is 0.238 e. The smallest absolute Gasteiger partial charge is 0.238 e. The zero-order chi connectivity index (χ0) is 9.68. The number of nitrogens with one attached hydrogen (secondary N) is 1. The average molecular weight is 176 g/mol. The standard InChI is InChI=1S/C8H8N4O/c9-5-12-8(13)3-7-2-1-6(10)4-11-7/h1-2,4H,3,10H2,(H,12,13). The molecule has 0 fully saturated rings. The van der Waals surface area contributed by atoms with Gasteiger partial charge in [0.25, 0.3) is 0 Å². The highest BCUT2D eigenvalue weighted by Crippen LogP contribution is 2.01. The number of amides is 1. The Morgan fingerprint density at radius 2 is 2.46 bits per heavy atom. The van der Waals surface area contributed by atoms with Gasteiger partial charge >= 0.3 is 0 Å². The molecule has 0 aromatic carbocycles. The monoisotopic (exact) mass is 176 g/mol. The molecule has 1 amide bonds. The summed E-state index contributed by atoms with van der Waals surface area (Å²) in [6, 6.07) is 3.30. The van der Waals surface area contributed by atoms with Gasteiger partial charge in [-0.25, -0.2) is 0 Å². The molecule has 66 valence electrons. The molecule has 13 heavy (non-hydrogen) atoms. The second-order valence-corrected chi connectivity index (χ2v) is 2.42. The van der Waals surface area contributed by atoms with E-state index in [1.54, 1.807) is 18.3 Å². The molecular weight excluding hydrogens is 168 g/mol. The summed E-state index contributed by atoms with van der Waals surface area (Å²) in [5.41, 5.74) is 6.53. The van der Waals surface area contributed by atoms with Crippen LogP contribution in [0.5, 0.6) is 0 Å². The number of rotatable bonds is 2. The first-order valence-corrected chi connectivity index (χ1v) is 3.60. The van der Waals surface area contributed by atoms with Crippen molar-refractivity contribution in [2.75, 3.05) is 5.73 Å². The van der Waals surface area contributed by atoms with Crippen molar-refractivity contribution in [1.29, 1.82) is 5.26 Å². The third kappa shape index (κ3) is 2.79. The fourth-order valence-electron chi connectivity index (χ4n) is 0.812. The predicted molar refractivity (Wildman–Crippen MR) is 46.1 cm³/mol. The van der Waals surface area contributed by atoms with Crippen molar-refractivity contribution in [2.24, 2.45) is 0 Å². The first-order valence-electron chi connectivity index (χ1n) is 3.60. The van der Waals surface area contributed by atoms with Gasteiger partial charge in [0.1, 0.15) is 0 Å². The molecule has 0 aliphatic heterocycles. The Morgan fingerprint density at radius 1 is 1.69 bits per heavy atom. The second-order valence-electron chi connectivity index (χ2n) is 2.42. The number of anilines is 1. The van der Waals surface area contributed by atoms with E-state index in [-0.39, 0.29) is 12.3 Å². The first-order chi connectivity index (χ1) is 6.22. The van der Waals surface area contributed by atoms with Crippen molar-refractivity contribution >= 4 is 11.6 Å². The second kappa shape index (κ2) is 4.07. The van der Waals surface area contributed by atoms with E-state index in [2.05, 4.69) is 4.98 Å². The predicted octanol–water partition coefficient (Wildman–Crippen LogP) is -0.196. The van der Waals surface area contributed by atoms with Crippen LogP contribution in [0.3, 0.4) is 0 Å². The SMILES string of the molecule is N#CNC(=O)Cc1ccc(N)cn1. The van der Waals surface area contributed by atoms with Gasteiger partial charge in [0.15, 0.2) is 6.19 Å². The largest absolute Gasteiger partial charge is 0.397 e. The summed E-state index contributed by atoms with van der Waals surface area (Å²) in [7, 11) is 0. The van der Waals surface area contributed by atoms with Crippen LogP contribution in [0.1, 0.15) is 5.69 Å². The molecule has 5 nitrogen and oxygen atoms in total. The zero-order valence-electron chi connectivity index (χ0n) is 6.82. The Morgan fingerprint density at radius 3 is 3.00 bits per heavy atom. The van der Waals surface area contributed by atoms with E-state index in [0.717, 1.165) is 0 Å². The normalized spacial score (nSPS) is 8.85. The lowest BCUT2D eigenvalue weighted by atomic mass is 10.2. The van der Waals surface area contributed by atoms with Gasteiger partial charge in [-0.3, -0.25) is 15.1 Å². The Balaban J connectivity index is 2.60. The van der Waals surface area contributed by atoms with Crippen molar-refractivity contribution in [1.82, 2.24) is 10.3 Å².